The van der Waals surface area contributed by atoms with Gasteiger partial charge in [-0.1, -0.05) is 0 Å². The van der Waals surface area contributed by atoms with Gasteiger partial charge < -0.3 is 16.4 Å². The van der Waals surface area contributed by atoms with Gasteiger partial charge >= 0.3 is 0 Å². The second-order valence-corrected chi connectivity index (χ2v) is 3.92. The van der Waals surface area contributed by atoms with Crippen LogP contribution >= 0.6 is 0 Å². The minimum atomic E-state index is -0.633. The molecule has 1 unspecified atom stereocenters. The highest BCUT2D eigenvalue weighted by atomic mass is 16.2. The minimum absolute atomic E-state index is 0.145. The van der Waals surface area contributed by atoms with E-state index in [9.17, 15) is 9.59 Å². The van der Waals surface area contributed by atoms with Gasteiger partial charge in [0.2, 0.25) is 11.8 Å². The van der Waals surface area contributed by atoms with Crippen LogP contribution in [0.25, 0.3) is 0 Å². The molecule has 1 atom stereocenters. The van der Waals surface area contributed by atoms with Gasteiger partial charge in [0, 0.05) is 12.5 Å². The number of hydrogen-bond donors (Lipinski definition) is 3. The third-order valence-electron chi connectivity index (χ3n) is 2.08. The zero-order valence-electron chi connectivity index (χ0n) is 9.18. The van der Waals surface area contributed by atoms with E-state index in [1.807, 2.05) is 0 Å². The average Bonchev–Trinajstić information content (AvgIpc) is 2.02. The fourth-order valence-corrected chi connectivity index (χ4v) is 0.871. The molecule has 0 aliphatic carbocycles. The molecule has 0 saturated carbocycles. The molecule has 0 aromatic heterocycles. The molecule has 82 valence electrons. The summed E-state index contributed by atoms with van der Waals surface area (Å²) in [6, 6.07) is -0.229. The van der Waals surface area contributed by atoms with Crippen molar-refractivity contribution in [3.8, 4) is 0 Å². The second kappa shape index (κ2) is 4.95. The summed E-state index contributed by atoms with van der Waals surface area (Å²) in [5, 5.41) is 5.57. The van der Waals surface area contributed by atoms with Gasteiger partial charge in [-0.15, -0.1) is 0 Å². The van der Waals surface area contributed by atoms with Crippen LogP contribution in [-0.2, 0) is 9.59 Å². The Morgan fingerprint density at radius 1 is 1.43 bits per heavy atom. The highest BCUT2D eigenvalue weighted by Gasteiger charge is 2.26. The van der Waals surface area contributed by atoms with Gasteiger partial charge in [-0.2, -0.15) is 0 Å². The zero-order chi connectivity index (χ0) is 11.4. The quantitative estimate of drug-likeness (QED) is 0.553. The molecule has 5 nitrogen and oxygen atoms in total. The molecule has 0 heterocycles. The lowest BCUT2D eigenvalue weighted by atomic mass is 10.0. The van der Waals surface area contributed by atoms with Crippen molar-refractivity contribution >= 4 is 11.8 Å². The monoisotopic (exact) mass is 201 g/mol. The molecule has 14 heavy (non-hydrogen) atoms. The molecule has 0 fully saturated rings. The van der Waals surface area contributed by atoms with E-state index >= 15 is 0 Å². The molecule has 5 heteroatoms. The number of nitrogens with one attached hydrogen (secondary N) is 2. The van der Waals surface area contributed by atoms with Crippen molar-refractivity contribution in [2.45, 2.75) is 38.8 Å². The van der Waals surface area contributed by atoms with Crippen molar-refractivity contribution in [1.82, 2.24) is 10.6 Å². The smallest absolute Gasteiger partial charge is 0.239 e. The van der Waals surface area contributed by atoms with E-state index in [0.29, 0.717) is 0 Å². The first-order valence-electron chi connectivity index (χ1n) is 4.57. The Kier molecular flexibility index (Phi) is 4.56. The summed E-state index contributed by atoms with van der Waals surface area (Å²) in [7, 11) is 1.71. The first-order chi connectivity index (χ1) is 6.29. The third-order valence-corrected chi connectivity index (χ3v) is 2.08. The molecule has 0 bridgehead atoms. The number of primary amides is 1. The third kappa shape index (κ3) is 4.23. The molecule has 0 rings (SSSR count). The van der Waals surface area contributed by atoms with Gasteiger partial charge in [0.05, 0.1) is 5.54 Å². The number of amides is 2. The van der Waals surface area contributed by atoms with Crippen molar-refractivity contribution in [3.63, 3.8) is 0 Å². The van der Waals surface area contributed by atoms with Gasteiger partial charge in [0.1, 0.15) is 0 Å². The van der Waals surface area contributed by atoms with Crippen LogP contribution in [0.5, 0.6) is 0 Å². The molecule has 0 spiro atoms. The van der Waals surface area contributed by atoms with Crippen molar-refractivity contribution in [3.05, 3.63) is 0 Å². The molecular formula is C9H19N3O2. The summed E-state index contributed by atoms with van der Waals surface area (Å²) >= 11 is 0. The predicted molar refractivity (Wildman–Crippen MR) is 54.6 cm³/mol. The molecule has 0 aliphatic rings. The molecule has 4 N–H and O–H groups in total. The van der Waals surface area contributed by atoms with E-state index in [-0.39, 0.29) is 18.4 Å². The first-order valence-corrected chi connectivity index (χ1v) is 4.57. The summed E-state index contributed by atoms with van der Waals surface area (Å²) in [6.07, 6.45) is 0.158. The van der Waals surface area contributed by atoms with E-state index in [2.05, 4.69) is 10.6 Å². The van der Waals surface area contributed by atoms with E-state index in [1.165, 1.54) is 0 Å². The Labute approximate surface area is 84.4 Å². The molecular weight excluding hydrogens is 182 g/mol. The van der Waals surface area contributed by atoms with Crippen molar-refractivity contribution in [1.29, 1.82) is 0 Å². The van der Waals surface area contributed by atoms with Crippen LogP contribution in [-0.4, -0.2) is 30.4 Å². The Bertz CT molecular complexity index is 226. The molecule has 0 saturated heterocycles. The van der Waals surface area contributed by atoms with Gasteiger partial charge in [-0.05, 0) is 27.8 Å². The number of likely N-dealkylation sites (N-methyl/N-ethyl adjacent to an activating group) is 1. The second-order valence-electron chi connectivity index (χ2n) is 3.92. The summed E-state index contributed by atoms with van der Waals surface area (Å²) in [5.74, 6) is -0.561. The summed E-state index contributed by atoms with van der Waals surface area (Å²) in [4.78, 5) is 22.1. The number of carbonyl (C=O) groups excluding carboxylic acids is 2. The SMILES string of the molecule is CNC(C)(C)C(=O)NC(C)CC(N)=O. The lowest BCUT2D eigenvalue weighted by Gasteiger charge is -2.25. The van der Waals surface area contributed by atoms with Crippen LogP contribution in [0.1, 0.15) is 27.2 Å². The largest absolute Gasteiger partial charge is 0.370 e. The summed E-state index contributed by atoms with van der Waals surface area (Å²) < 4.78 is 0. The molecule has 0 aliphatic heterocycles. The van der Waals surface area contributed by atoms with Gasteiger partial charge in [-0.25, -0.2) is 0 Å². The zero-order valence-corrected chi connectivity index (χ0v) is 9.18. The van der Waals surface area contributed by atoms with Gasteiger partial charge in [-0.3, -0.25) is 9.59 Å². The van der Waals surface area contributed by atoms with E-state index in [1.54, 1.807) is 27.8 Å². The Morgan fingerprint density at radius 2 is 1.93 bits per heavy atom. The van der Waals surface area contributed by atoms with Gasteiger partial charge in [0.25, 0.3) is 0 Å². The highest BCUT2D eigenvalue weighted by Crippen LogP contribution is 2.01. The molecule has 2 amide bonds. The van der Waals surface area contributed by atoms with Crippen LogP contribution in [0, 0.1) is 0 Å². The fraction of sp³-hybridized carbons (Fsp3) is 0.778. The van der Waals surface area contributed by atoms with E-state index in [0.717, 1.165) is 0 Å². The first kappa shape index (κ1) is 12.9. The Hall–Kier alpha value is -1.10. The lowest BCUT2D eigenvalue weighted by molar-refractivity contribution is -0.127. The number of carbonyl (C=O) groups is 2. The summed E-state index contributed by atoms with van der Waals surface area (Å²) in [6.45, 7) is 5.27. The molecule has 0 aromatic carbocycles. The van der Waals surface area contributed by atoms with Crippen molar-refractivity contribution < 1.29 is 9.59 Å². The maximum absolute atomic E-state index is 11.6. The molecule has 0 radical (unpaired) electrons. The standard InChI is InChI=1S/C9H19N3O2/c1-6(5-7(10)13)12-8(14)9(2,3)11-4/h6,11H,5H2,1-4H3,(H2,10,13)(H,12,14). The van der Waals surface area contributed by atoms with Crippen LogP contribution in [0.15, 0.2) is 0 Å². The van der Waals surface area contributed by atoms with E-state index in [4.69, 9.17) is 5.73 Å². The fourth-order valence-electron chi connectivity index (χ4n) is 0.871. The normalized spacial score (nSPS) is 13.4. The number of nitrogens with two attached hydrogens (primary N) is 1. The van der Waals surface area contributed by atoms with Crippen LogP contribution in [0.3, 0.4) is 0 Å². The maximum Gasteiger partial charge on any atom is 0.239 e. The molecule has 0 aromatic rings. The van der Waals surface area contributed by atoms with Crippen LogP contribution < -0.4 is 16.4 Å². The summed E-state index contributed by atoms with van der Waals surface area (Å²) in [5.41, 5.74) is 4.37. The number of hydrogen-bond acceptors (Lipinski definition) is 3. The van der Waals surface area contributed by atoms with Crippen molar-refractivity contribution in [2.75, 3.05) is 7.05 Å². The lowest BCUT2D eigenvalue weighted by Crippen LogP contribution is -2.53. The Balaban J connectivity index is 4.12. The van der Waals surface area contributed by atoms with E-state index < -0.39 is 11.4 Å². The maximum atomic E-state index is 11.6. The predicted octanol–water partition coefficient (Wildman–Crippen LogP) is -0.635. The highest BCUT2D eigenvalue weighted by molar-refractivity contribution is 5.86. The van der Waals surface area contributed by atoms with Crippen molar-refractivity contribution in [2.24, 2.45) is 5.73 Å². The number of rotatable bonds is 5. The van der Waals surface area contributed by atoms with Crippen LogP contribution in [0.4, 0.5) is 0 Å². The Morgan fingerprint density at radius 3 is 2.29 bits per heavy atom. The van der Waals surface area contributed by atoms with Crippen LogP contribution in [0.2, 0.25) is 0 Å². The minimum Gasteiger partial charge on any atom is -0.370 e. The average molecular weight is 201 g/mol. The van der Waals surface area contributed by atoms with Gasteiger partial charge in [0.15, 0.2) is 0 Å². The topological polar surface area (TPSA) is 84.2 Å².